The molecule has 3 aromatic rings. The van der Waals surface area contributed by atoms with Gasteiger partial charge in [0, 0.05) is 11.9 Å². The van der Waals surface area contributed by atoms with E-state index in [1.54, 1.807) is 10.5 Å². The molecule has 0 saturated carbocycles. The van der Waals surface area contributed by atoms with E-state index in [-0.39, 0.29) is 5.56 Å². The molecular weight excluding hydrogens is 244 g/mol. The summed E-state index contributed by atoms with van der Waals surface area (Å²) in [5.41, 5.74) is 2.29. The van der Waals surface area contributed by atoms with Gasteiger partial charge in [-0.25, -0.2) is 9.78 Å². The molecule has 94 valence electrons. The third-order valence-corrected chi connectivity index (χ3v) is 2.77. The van der Waals surface area contributed by atoms with Gasteiger partial charge in [-0.3, -0.25) is 4.40 Å². The largest absolute Gasteiger partial charge is 0.478 e. The molecule has 3 rings (SSSR count). The van der Waals surface area contributed by atoms with E-state index >= 15 is 0 Å². The number of hydrogen-bond donors (Lipinski definition) is 1. The van der Waals surface area contributed by atoms with Crippen LogP contribution in [0.4, 0.5) is 0 Å². The number of hydrogen-bond acceptors (Lipinski definition) is 4. The summed E-state index contributed by atoms with van der Waals surface area (Å²) >= 11 is 0. The Morgan fingerprint density at radius 3 is 2.79 bits per heavy atom. The van der Waals surface area contributed by atoms with E-state index in [0.717, 1.165) is 5.69 Å². The summed E-state index contributed by atoms with van der Waals surface area (Å²) < 4.78 is 1.63. The Morgan fingerprint density at radius 2 is 2.05 bits per heavy atom. The monoisotopic (exact) mass is 254 g/mol. The molecule has 3 aromatic heterocycles. The molecular formula is C13H10N4O2. The van der Waals surface area contributed by atoms with Crippen LogP contribution in [0.5, 0.6) is 0 Å². The maximum atomic E-state index is 11.0. The van der Waals surface area contributed by atoms with E-state index in [2.05, 4.69) is 15.2 Å². The summed E-state index contributed by atoms with van der Waals surface area (Å²) in [6.07, 6.45) is 1.50. The number of carbonyl (C=O) groups is 1. The van der Waals surface area contributed by atoms with Crippen LogP contribution in [0.25, 0.3) is 17.2 Å². The molecule has 0 fully saturated rings. The van der Waals surface area contributed by atoms with Gasteiger partial charge >= 0.3 is 5.97 Å². The Kier molecular flexibility index (Phi) is 2.49. The summed E-state index contributed by atoms with van der Waals surface area (Å²) in [6, 6.07) is 8.70. The van der Waals surface area contributed by atoms with Crippen molar-refractivity contribution in [2.24, 2.45) is 0 Å². The van der Waals surface area contributed by atoms with Crippen molar-refractivity contribution in [1.82, 2.24) is 19.6 Å². The highest BCUT2D eigenvalue weighted by Gasteiger charge is 2.11. The van der Waals surface area contributed by atoms with Crippen LogP contribution in [0.2, 0.25) is 0 Å². The summed E-state index contributed by atoms with van der Waals surface area (Å²) in [5, 5.41) is 17.1. The Balaban J connectivity index is 2.24. The molecule has 0 spiro atoms. The lowest BCUT2D eigenvalue weighted by Gasteiger charge is -2.01. The first kappa shape index (κ1) is 11.3. The van der Waals surface area contributed by atoms with Crippen molar-refractivity contribution in [2.75, 3.05) is 0 Å². The van der Waals surface area contributed by atoms with E-state index in [4.69, 9.17) is 5.11 Å². The van der Waals surface area contributed by atoms with Crippen LogP contribution in [0.15, 0.2) is 36.5 Å². The summed E-state index contributed by atoms with van der Waals surface area (Å²) in [4.78, 5) is 15.4. The van der Waals surface area contributed by atoms with E-state index in [9.17, 15) is 4.79 Å². The quantitative estimate of drug-likeness (QED) is 0.754. The molecule has 0 atom stereocenters. The van der Waals surface area contributed by atoms with Crippen LogP contribution in [0, 0.1) is 6.92 Å². The Bertz CT molecular complexity index is 779. The number of pyridine rings is 2. The molecule has 3 heterocycles. The Labute approximate surface area is 108 Å². The van der Waals surface area contributed by atoms with Gasteiger partial charge in [0.05, 0.1) is 5.56 Å². The van der Waals surface area contributed by atoms with Gasteiger partial charge in [-0.1, -0.05) is 6.07 Å². The lowest BCUT2D eigenvalue weighted by Crippen LogP contribution is -2.00. The summed E-state index contributed by atoms with van der Waals surface area (Å²) in [5.74, 6) is -0.458. The first-order chi connectivity index (χ1) is 9.15. The molecule has 0 aliphatic heterocycles. The molecule has 0 aromatic carbocycles. The third kappa shape index (κ3) is 1.93. The zero-order valence-electron chi connectivity index (χ0n) is 10.1. The van der Waals surface area contributed by atoms with Crippen molar-refractivity contribution >= 4 is 11.6 Å². The average Bonchev–Trinajstić information content (AvgIpc) is 2.81. The number of carboxylic acid groups (broad SMARTS) is 1. The van der Waals surface area contributed by atoms with Gasteiger partial charge in [-0.2, -0.15) is 0 Å². The number of aromatic nitrogens is 4. The van der Waals surface area contributed by atoms with Gasteiger partial charge in [0.25, 0.3) is 0 Å². The van der Waals surface area contributed by atoms with Gasteiger partial charge < -0.3 is 5.11 Å². The average molecular weight is 254 g/mol. The predicted molar refractivity (Wildman–Crippen MR) is 67.9 cm³/mol. The minimum absolute atomic E-state index is 0.182. The zero-order valence-corrected chi connectivity index (χ0v) is 10.1. The van der Waals surface area contributed by atoms with Crippen molar-refractivity contribution in [3.8, 4) is 11.5 Å². The van der Waals surface area contributed by atoms with Gasteiger partial charge in [-0.05, 0) is 31.2 Å². The Morgan fingerprint density at radius 1 is 1.21 bits per heavy atom. The van der Waals surface area contributed by atoms with Crippen LogP contribution in [0.3, 0.4) is 0 Å². The fraction of sp³-hybridized carbons (Fsp3) is 0.0769. The molecule has 6 heteroatoms. The van der Waals surface area contributed by atoms with E-state index in [0.29, 0.717) is 17.2 Å². The maximum Gasteiger partial charge on any atom is 0.337 e. The van der Waals surface area contributed by atoms with Gasteiger partial charge in [0.15, 0.2) is 11.5 Å². The molecule has 0 amide bonds. The molecule has 0 radical (unpaired) electrons. The second kappa shape index (κ2) is 4.16. The van der Waals surface area contributed by atoms with Crippen LogP contribution in [-0.2, 0) is 0 Å². The highest BCUT2D eigenvalue weighted by molar-refractivity contribution is 5.87. The smallest absolute Gasteiger partial charge is 0.337 e. The van der Waals surface area contributed by atoms with Gasteiger partial charge in [0.2, 0.25) is 0 Å². The number of rotatable bonds is 2. The van der Waals surface area contributed by atoms with Crippen molar-refractivity contribution in [3.05, 3.63) is 47.8 Å². The topological polar surface area (TPSA) is 80.4 Å². The number of nitrogens with zero attached hydrogens (tertiary/aromatic N) is 4. The lowest BCUT2D eigenvalue weighted by molar-refractivity contribution is 0.0696. The maximum absolute atomic E-state index is 11.0. The first-order valence-electron chi connectivity index (χ1n) is 5.67. The molecule has 6 nitrogen and oxygen atoms in total. The predicted octanol–water partition coefficient (Wildman–Crippen LogP) is 1.80. The van der Waals surface area contributed by atoms with E-state index < -0.39 is 5.97 Å². The van der Waals surface area contributed by atoms with Crippen molar-refractivity contribution < 1.29 is 9.90 Å². The highest BCUT2D eigenvalue weighted by Crippen LogP contribution is 2.17. The van der Waals surface area contributed by atoms with Crippen molar-refractivity contribution in [3.63, 3.8) is 0 Å². The zero-order chi connectivity index (χ0) is 13.4. The van der Waals surface area contributed by atoms with Crippen LogP contribution in [-0.4, -0.2) is 30.7 Å². The van der Waals surface area contributed by atoms with Gasteiger partial charge in [0.1, 0.15) is 5.69 Å². The first-order valence-corrected chi connectivity index (χ1v) is 5.67. The third-order valence-electron chi connectivity index (χ3n) is 2.77. The van der Waals surface area contributed by atoms with Crippen molar-refractivity contribution in [2.45, 2.75) is 6.92 Å². The second-order valence-corrected chi connectivity index (χ2v) is 4.14. The second-order valence-electron chi connectivity index (χ2n) is 4.14. The molecule has 0 aliphatic carbocycles. The fourth-order valence-electron chi connectivity index (χ4n) is 1.86. The molecule has 0 unspecified atom stereocenters. The summed E-state index contributed by atoms with van der Waals surface area (Å²) in [7, 11) is 0. The Hall–Kier alpha value is -2.76. The van der Waals surface area contributed by atoms with E-state index in [1.165, 1.54) is 12.3 Å². The SMILES string of the molecule is Cc1cccc(-c2nnc3ccc(C(=O)O)cn23)n1. The standard InChI is InChI=1S/C13H10N4O2/c1-8-3-2-4-10(14-8)12-16-15-11-6-5-9(13(18)19)7-17(11)12/h2-7H,1H3,(H,18,19). The minimum Gasteiger partial charge on any atom is -0.478 e. The number of aromatic carboxylic acids is 1. The lowest BCUT2D eigenvalue weighted by atomic mass is 10.2. The fourth-order valence-corrected chi connectivity index (χ4v) is 1.86. The highest BCUT2D eigenvalue weighted by atomic mass is 16.4. The number of carboxylic acids is 1. The van der Waals surface area contributed by atoms with Crippen LogP contribution in [0.1, 0.15) is 16.1 Å². The molecule has 19 heavy (non-hydrogen) atoms. The van der Waals surface area contributed by atoms with Crippen LogP contribution >= 0.6 is 0 Å². The van der Waals surface area contributed by atoms with E-state index in [1.807, 2.05) is 25.1 Å². The van der Waals surface area contributed by atoms with Crippen molar-refractivity contribution in [1.29, 1.82) is 0 Å². The molecule has 1 N–H and O–H groups in total. The van der Waals surface area contributed by atoms with Crippen LogP contribution < -0.4 is 0 Å². The minimum atomic E-state index is -0.987. The molecule has 0 bridgehead atoms. The number of fused-ring (bicyclic) bond motifs is 1. The molecule has 0 saturated heterocycles. The normalized spacial score (nSPS) is 10.8. The summed E-state index contributed by atoms with van der Waals surface area (Å²) in [6.45, 7) is 1.88. The van der Waals surface area contributed by atoms with Gasteiger partial charge in [-0.15, -0.1) is 10.2 Å². The number of aryl methyl sites for hydroxylation is 1. The molecule has 0 aliphatic rings.